The quantitative estimate of drug-likeness (QED) is 0.389. The van der Waals surface area contributed by atoms with Gasteiger partial charge >= 0.3 is 12.4 Å². The van der Waals surface area contributed by atoms with Crippen molar-refractivity contribution in [3.63, 3.8) is 0 Å². The summed E-state index contributed by atoms with van der Waals surface area (Å²) in [6.45, 7) is 6.75. The molecule has 1 fully saturated rings. The zero-order valence-electron chi connectivity index (χ0n) is 17.9. The number of anilines is 1. The summed E-state index contributed by atoms with van der Waals surface area (Å²) >= 11 is 0. The van der Waals surface area contributed by atoms with Crippen molar-refractivity contribution in [2.24, 2.45) is 0 Å². The Labute approximate surface area is 186 Å². The van der Waals surface area contributed by atoms with Gasteiger partial charge in [0.15, 0.2) is 0 Å². The van der Waals surface area contributed by atoms with Crippen molar-refractivity contribution >= 4 is 11.9 Å². The normalized spacial score (nSPS) is 14.8. The van der Waals surface area contributed by atoms with Crippen molar-refractivity contribution in [3.05, 3.63) is 65.6 Å². The molecule has 12 heteroatoms. The highest BCUT2D eigenvalue weighted by atomic mass is 19.4. The van der Waals surface area contributed by atoms with Crippen LogP contribution in [-0.2, 0) is 11.7 Å². The van der Waals surface area contributed by atoms with E-state index in [0.717, 1.165) is 30.9 Å². The number of halogens is 6. The molecule has 1 aliphatic carbocycles. The third-order valence-electron chi connectivity index (χ3n) is 4.88. The van der Waals surface area contributed by atoms with E-state index in [1.165, 1.54) is 6.07 Å². The maximum absolute atomic E-state index is 13.0. The predicted molar refractivity (Wildman–Crippen MR) is 110 cm³/mol. The van der Waals surface area contributed by atoms with Crippen molar-refractivity contribution in [3.8, 4) is 0 Å². The second-order valence-electron chi connectivity index (χ2n) is 6.99. The molecule has 0 radical (unpaired) electrons. The number of rotatable bonds is 6. The van der Waals surface area contributed by atoms with Crippen LogP contribution < -0.4 is 16.2 Å². The summed E-state index contributed by atoms with van der Waals surface area (Å²) in [6, 6.07) is 4.98. The van der Waals surface area contributed by atoms with Gasteiger partial charge in [0.25, 0.3) is 5.91 Å². The highest BCUT2D eigenvalue weighted by molar-refractivity contribution is 5.93. The minimum absolute atomic E-state index is 0.0707. The largest absolute Gasteiger partial charge is 0.432 e. The number of allylic oxidation sites excluding steroid dienone is 1. The lowest BCUT2D eigenvalue weighted by Crippen LogP contribution is -2.43. The van der Waals surface area contributed by atoms with Crippen LogP contribution in [0.2, 0.25) is 0 Å². The summed E-state index contributed by atoms with van der Waals surface area (Å²) < 4.78 is 76.3. The maximum Gasteiger partial charge on any atom is 0.432 e. The molecule has 0 unspecified atom stereocenters. The van der Waals surface area contributed by atoms with E-state index in [4.69, 9.17) is 0 Å². The van der Waals surface area contributed by atoms with Crippen LogP contribution in [0.3, 0.4) is 0 Å². The van der Waals surface area contributed by atoms with Crippen LogP contribution in [0.4, 0.5) is 32.3 Å². The van der Waals surface area contributed by atoms with Gasteiger partial charge in [0, 0.05) is 12.4 Å². The second kappa shape index (κ2) is 10.1. The van der Waals surface area contributed by atoms with E-state index in [0.29, 0.717) is 18.4 Å². The van der Waals surface area contributed by atoms with Gasteiger partial charge in [-0.05, 0) is 37.0 Å². The molecule has 1 amide bonds. The minimum atomic E-state index is -4.72. The van der Waals surface area contributed by atoms with Crippen molar-refractivity contribution in [1.29, 1.82) is 0 Å². The Kier molecular flexibility index (Phi) is 7.93. The third kappa shape index (κ3) is 6.36. The van der Waals surface area contributed by atoms with E-state index in [-0.39, 0.29) is 11.5 Å². The van der Waals surface area contributed by atoms with Crippen LogP contribution in [0.15, 0.2) is 48.9 Å². The maximum atomic E-state index is 13.0. The van der Waals surface area contributed by atoms with Gasteiger partial charge in [-0.25, -0.2) is 9.97 Å². The van der Waals surface area contributed by atoms with Gasteiger partial charge in [-0.2, -0.15) is 26.3 Å². The number of amides is 1. The Morgan fingerprint density at radius 1 is 1.03 bits per heavy atom. The lowest BCUT2D eigenvalue weighted by molar-refractivity contribution is -0.137. The summed E-state index contributed by atoms with van der Waals surface area (Å²) in [5.41, 5.74) is 0.885. The number of nitrogens with zero attached hydrogens (tertiary/aromatic N) is 2. The van der Waals surface area contributed by atoms with Gasteiger partial charge in [-0.1, -0.05) is 32.6 Å². The van der Waals surface area contributed by atoms with E-state index in [2.05, 4.69) is 21.9 Å². The van der Waals surface area contributed by atoms with E-state index < -0.39 is 35.1 Å². The molecule has 3 N–H and O–H groups in total. The summed E-state index contributed by atoms with van der Waals surface area (Å²) in [7, 11) is 0. The number of carbonyl (C=O) groups excluding carboxylic acids is 1. The molecule has 1 saturated carbocycles. The van der Waals surface area contributed by atoms with Gasteiger partial charge in [0.05, 0.1) is 16.7 Å². The Balaban J connectivity index is 0.00000187. The van der Waals surface area contributed by atoms with E-state index in [1.54, 1.807) is 11.5 Å². The first-order chi connectivity index (χ1) is 15.4. The number of hydrazine groups is 1. The van der Waals surface area contributed by atoms with E-state index in [1.807, 2.05) is 19.3 Å². The lowest BCUT2D eigenvalue weighted by Gasteiger charge is -2.43. The fourth-order valence-electron chi connectivity index (χ4n) is 3.01. The zero-order chi connectivity index (χ0) is 24.9. The second-order valence-corrected chi connectivity index (χ2v) is 6.99. The van der Waals surface area contributed by atoms with Crippen molar-refractivity contribution in [2.75, 3.05) is 5.32 Å². The predicted octanol–water partition coefficient (Wildman–Crippen LogP) is 5.32. The SMILES string of the molecule is C=C(NNC(=O)c1cnc(NC2(c3cccc(C(F)(F)F)c3)CCC2)nc1)C(F)(F)F.CC. The Hall–Kier alpha value is -3.31. The number of hydrogen-bond donors (Lipinski definition) is 3. The topological polar surface area (TPSA) is 78.9 Å². The monoisotopic (exact) mass is 475 g/mol. The summed E-state index contributed by atoms with van der Waals surface area (Å²) in [5.74, 6) is -0.852. The summed E-state index contributed by atoms with van der Waals surface area (Å²) in [5, 5.41) is 3.02. The van der Waals surface area contributed by atoms with Gasteiger partial charge < -0.3 is 5.32 Å². The van der Waals surface area contributed by atoms with Crippen LogP contribution in [0, 0.1) is 0 Å². The molecule has 0 bridgehead atoms. The Bertz CT molecular complexity index is 968. The molecule has 0 saturated heterocycles. The van der Waals surface area contributed by atoms with Crippen molar-refractivity contribution < 1.29 is 31.1 Å². The molecule has 0 spiro atoms. The van der Waals surface area contributed by atoms with Crippen LogP contribution in [-0.4, -0.2) is 22.1 Å². The average Bonchev–Trinajstić information content (AvgIpc) is 2.75. The average molecular weight is 475 g/mol. The Morgan fingerprint density at radius 3 is 2.12 bits per heavy atom. The van der Waals surface area contributed by atoms with Crippen LogP contribution in [0.25, 0.3) is 0 Å². The number of benzene rings is 1. The molecule has 33 heavy (non-hydrogen) atoms. The first-order valence-corrected chi connectivity index (χ1v) is 10.0. The van der Waals surface area contributed by atoms with Gasteiger partial charge in [-0.3, -0.25) is 15.6 Å². The van der Waals surface area contributed by atoms with E-state index in [9.17, 15) is 31.1 Å². The number of aromatic nitrogens is 2. The number of alkyl halides is 6. The molecule has 1 aliphatic rings. The standard InChI is InChI=1S/C19H17F6N5O.C2H6/c1-11(18(20,21)22)29-30-15(31)12-9-26-16(27-10-12)28-17(6-3-7-17)13-4-2-5-14(8-13)19(23,24)25;1-2/h2,4-5,8-10,29H,1,3,6-7H2,(H,30,31)(H,26,27,28);1-2H3. The highest BCUT2D eigenvalue weighted by Crippen LogP contribution is 2.44. The van der Waals surface area contributed by atoms with E-state index >= 15 is 0 Å². The van der Waals surface area contributed by atoms with Gasteiger partial charge in [0.2, 0.25) is 5.95 Å². The molecule has 0 aliphatic heterocycles. The summed E-state index contributed by atoms with van der Waals surface area (Å²) in [4.78, 5) is 19.8. The van der Waals surface area contributed by atoms with Crippen LogP contribution in [0.5, 0.6) is 0 Å². The lowest BCUT2D eigenvalue weighted by atomic mass is 9.71. The fraction of sp³-hybridized carbons (Fsp3) is 0.381. The van der Waals surface area contributed by atoms with Crippen LogP contribution in [0.1, 0.15) is 54.6 Å². The molecule has 0 atom stereocenters. The zero-order valence-corrected chi connectivity index (χ0v) is 17.9. The fourth-order valence-corrected chi connectivity index (χ4v) is 3.01. The number of carbonyl (C=O) groups is 1. The highest BCUT2D eigenvalue weighted by Gasteiger charge is 2.41. The third-order valence-corrected chi connectivity index (χ3v) is 4.88. The van der Waals surface area contributed by atoms with Crippen molar-refractivity contribution in [1.82, 2.24) is 20.8 Å². The molecular weight excluding hydrogens is 452 g/mol. The summed E-state index contributed by atoms with van der Waals surface area (Å²) in [6.07, 6.45) is -5.12. The minimum Gasteiger partial charge on any atom is -0.345 e. The molecule has 1 aromatic heterocycles. The van der Waals surface area contributed by atoms with Crippen molar-refractivity contribution in [2.45, 2.75) is 51.0 Å². The molecule has 1 heterocycles. The molecule has 180 valence electrons. The first-order valence-electron chi connectivity index (χ1n) is 10.0. The smallest absolute Gasteiger partial charge is 0.345 e. The van der Waals surface area contributed by atoms with Gasteiger partial charge in [-0.15, -0.1) is 0 Å². The van der Waals surface area contributed by atoms with Crippen LogP contribution >= 0.6 is 0 Å². The molecule has 1 aromatic carbocycles. The molecule has 6 nitrogen and oxygen atoms in total. The Morgan fingerprint density at radius 2 is 1.64 bits per heavy atom. The first kappa shape index (κ1) is 25.9. The number of hydrogen-bond acceptors (Lipinski definition) is 5. The number of nitrogens with one attached hydrogen (secondary N) is 3. The molecular formula is C21H23F6N5O. The molecule has 2 aromatic rings. The molecule has 3 rings (SSSR count). The van der Waals surface area contributed by atoms with Gasteiger partial charge in [0.1, 0.15) is 5.70 Å².